The van der Waals surface area contributed by atoms with Crippen LogP contribution < -0.4 is 15.4 Å². The highest BCUT2D eigenvalue weighted by atomic mass is 16.5. The quantitative estimate of drug-likeness (QED) is 0.772. The minimum absolute atomic E-state index is 0.0804. The van der Waals surface area contributed by atoms with Crippen molar-refractivity contribution in [3.8, 4) is 5.75 Å². The summed E-state index contributed by atoms with van der Waals surface area (Å²) in [5.41, 5.74) is 1.87. The van der Waals surface area contributed by atoms with E-state index in [4.69, 9.17) is 4.74 Å². The second kappa shape index (κ2) is 8.67. The molecule has 0 aliphatic heterocycles. The third kappa shape index (κ3) is 5.32. The highest BCUT2D eigenvalue weighted by Crippen LogP contribution is 2.19. The van der Waals surface area contributed by atoms with Gasteiger partial charge in [0.2, 0.25) is 5.91 Å². The number of rotatable bonds is 8. The van der Waals surface area contributed by atoms with Crippen molar-refractivity contribution in [3.05, 3.63) is 47.8 Å². The number of likely N-dealkylation sites (N-methyl/N-ethyl adjacent to an activating group) is 1. The summed E-state index contributed by atoms with van der Waals surface area (Å²) < 4.78 is 7.38. The van der Waals surface area contributed by atoms with E-state index in [1.807, 2.05) is 44.4 Å². The van der Waals surface area contributed by atoms with E-state index in [0.29, 0.717) is 12.5 Å². The monoisotopic (exact) mass is 344 g/mol. The van der Waals surface area contributed by atoms with Crippen molar-refractivity contribution >= 4 is 5.91 Å². The third-order valence-electron chi connectivity index (χ3n) is 3.93. The molecule has 1 aromatic heterocycles. The molecule has 0 saturated heterocycles. The number of hydrogen-bond acceptors (Lipinski definition) is 4. The highest BCUT2D eigenvalue weighted by Gasteiger charge is 2.22. The zero-order chi connectivity index (χ0) is 18.4. The summed E-state index contributed by atoms with van der Waals surface area (Å²) in [5.74, 6) is 1.26. The average molecular weight is 344 g/mol. The Morgan fingerprint density at radius 1 is 1.20 bits per heavy atom. The second-order valence-corrected chi connectivity index (χ2v) is 6.67. The minimum atomic E-state index is -0.426. The van der Waals surface area contributed by atoms with Crippen LogP contribution in [-0.4, -0.2) is 29.3 Å². The fourth-order valence-electron chi connectivity index (χ4n) is 2.53. The van der Waals surface area contributed by atoms with Gasteiger partial charge in [0, 0.05) is 18.8 Å². The van der Waals surface area contributed by atoms with Crippen LogP contribution in [0.15, 0.2) is 36.7 Å². The summed E-state index contributed by atoms with van der Waals surface area (Å²) >= 11 is 0. The Kier molecular flexibility index (Phi) is 6.58. The minimum Gasteiger partial charge on any atom is -0.493 e. The Morgan fingerprint density at radius 2 is 1.88 bits per heavy atom. The summed E-state index contributed by atoms with van der Waals surface area (Å²) in [6, 6.07) is 7.33. The molecule has 6 heteroatoms. The molecular weight excluding hydrogens is 316 g/mol. The van der Waals surface area contributed by atoms with E-state index in [0.717, 1.165) is 16.9 Å². The Morgan fingerprint density at radius 3 is 2.40 bits per heavy atom. The maximum Gasteiger partial charge on any atom is 0.242 e. The van der Waals surface area contributed by atoms with Crippen molar-refractivity contribution in [3.63, 3.8) is 0 Å². The molecule has 0 spiro atoms. The first kappa shape index (κ1) is 19.0. The van der Waals surface area contributed by atoms with Crippen molar-refractivity contribution in [2.24, 2.45) is 13.0 Å². The number of aryl methyl sites for hydroxylation is 1. The molecular formula is C19H28N4O2. The number of nitrogens with zero attached hydrogens (tertiary/aromatic N) is 2. The van der Waals surface area contributed by atoms with E-state index < -0.39 is 6.04 Å². The molecule has 0 bridgehead atoms. The van der Waals surface area contributed by atoms with Crippen LogP contribution in [0.25, 0.3) is 0 Å². The molecule has 0 aliphatic rings. The lowest BCUT2D eigenvalue weighted by Crippen LogP contribution is -2.37. The van der Waals surface area contributed by atoms with Crippen LogP contribution in [0.3, 0.4) is 0 Å². The van der Waals surface area contributed by atoms with Gasteiger partial charge in [0.15, 0.2) is 0 Å². The Bertz CT molecular complexity index is 679. The predicted molar refractivity (Wildman–Crippen MR) is 98.3 cm³/mol. The van der Waals surface area contributed by atoms with Gasteiger partial charge < -0.3 is 15.4 Å². The molecule has 0 radical (unpaired) electrons. The predicted octanol–water partition coefficient (Wildman–Crippen LogP) is 2.59. The molecule has 1 heterocycles. The lowest BCUT2D eigenvalue weighted by Gasteiger charge is -2.20. The van der Waals surface area contributed by atoms with Gasteiger partial charge in [-0.1, -0.05) is 26.0 Å². The van der Waals surface area contributed by atoms with E-state index >= 15 is 0 Å². The molecule has 1 aromatic carbocycles. The summed E-state index contributed by atoms with van der Waals surface area (Å²) in [4.78, 5) is 12.6. The molecule has 0 aliphatic carbocycles. The van der Waals surface area contributed by atoms with Crippen LogP contribution in [0.2, 0.25) is 0 Å². The zero-order valence-electron chi connectivity index (χ0n) is 15.6. The fourth-order valence-corrected chi connectivity index (χ4v) is 2.53. The summed E-state index contributed by atoms with van der Waals surface area (Å²) in [5, 5.41) is 10.2. The Balaban J connectivity index is 1.98. The van der Waals surface area contributed by atoms with Crippen LogP contribution >= 0.6 is 0 Å². The van der Waals surface area contributed by atoms with Crippen molar-refractivity contribution in [2.75, 3.05) is 13.7 Å². The first-order valence-corrected chi connectivity index (χ1v) is 8.59. The SMILES string of the molecule is CNC(C(=O)NC(C)c1ccc(OCC(C)C)cc1)c1cnn(C)c1. The Labute approximate surface area is 149 Å². The topological polar surface area (TPSA) is 68.2 Å². The van der Waals surface area contributed by atoms with Crippen LogP contribution in [0, 0.1) is 5.92 Å². The van der Waals surface area contributed by atoms with E-state index in [-0.39, 0.29) is 11.9 Å². The molecule has 2 N–H and O–H groups in total. The molecule has 1 amide bonds. The molecule has 2 atom stereocenters. The number of carbonyl (C=O) groups excluding carboxylic acids is 1. The largest absolute Gasteiger partial charge is 0.493 e. The molecule has 2 rings (SSSR count). The van der Waals surface area contributed by atoms with E-state index in [1.165, 1.54) is 0 Å². The van der Waals surface area contributed by atoms with E-state index in [2.05, 4.69) is 29.6 Å². The van der Waals surface area contributed by atoms with Gasteiger partial charge in [-0.25, -0.2) is 0 Å². The smallest absolute Gasteiger partial charge is 0.242 e. The zero-order valence-corrected chi connectivity index (χ0v) is 15.6. The van der Waals surface area contributed by atoms with Gasteiger partial charge in [0.1, 0.15) is 11.8 Å². The number of ether oxygens (including phenoxy) is 1. The van der Waals surface area contributed by atoms with Crippen molar-refractivity contribution < 1.29 is 9.53 Å². The standard InChI is InChI=1S/C19H28N4O2/c1-13(2)12-25-17-8-6-15(7-9-17)14(3)22-19(24)18(20-4)16-10-21-23(5)11-16/h6-11,13-14,18,20H,12H2,1-5H3,(H,22,24). The number of carbonyl (C=O) groups is 1. The first-order chi connectivity index (χ1) is 11.9. The van der Waals surface area contributed by atoms with Gasteiger partial charge in [-0.05, 0) is 37.6 Å². The molecule has 6 nitrogen and oxygen atoms in total. The number of amides is 1. The number of nitrogens with one attached hydrogen (secondary N) is 2. The van der Waals surface area contributed by atoms with E-state index in [1.54, 1.807) is 17.9 Å². The molecule has 0 fully saturated rings. The molecule has 2 unspecified atom stereocenters. The fraction of sp³-hybridized carbons (Fsp3) is 0.474. The average Bonchev–Trinajstić information content (AvgIpc) is 3.00. The van der Waals surface area contributed by atoms with E-state index in [9.17, 15) is 4.79 Å². The van der Waals surface area contributed by atoms with Crippen LogP contribution in [0.4, 0.5) is 0 Å². The third-order valence-corrected chi connectivity index (χ3v) is 3.93. The summed E-state index contributed by atoms with van der Waals surface area (Å²) in [6.45, 7) is 6.90. The van der Waals surface area contributed by atoms with Gasteiger partial charge in [-0.15, -0.1) is 0 Å². The molecule has 136 valence electrons. The molecule has 2 aromatic rings. The lowest BCUT2D eigenvalue weighted by molar-refractivity contribution is -0.123. The molecule has 0 saturated carbocycles. The van der Waals surface area contributed by atoms with Gasteiger partial charge in [-0.2, -0.15) is 5.10 Å². The summed E-state index contributed by atoms with van der Waals surface area (Å²) in [7, 11) is 3.60. The van der Waals surface area contributed by atoms with Crippen LogP contribution in [0.5, 0.6) is 5.75 Å². The maximum atomic E-state index is 12.6. The van der Waals surface area contributed by atoms with Crippen LogP contribution in [-0.2, 0) is 11.8 Å². The molecule has 25 heavy (non-hydrogen) atoms. The highest BCUT2D eigenvalue weighted by molar-refractivity contribution is 5.83. The van der Waals surface area contributed by atoms with Gasteiger partial charge in [-0.3, -0.25) is 9.48 Å². The number of aromatic nitrogens is 2. The maximum absolute atomic E-state index is 12.6. The summed E-state index contributed by atoms with van der Waals surface area (Å²) in [6.07, 6.45) is 3.54. The lowest BCUT2D eigenvalue weighted by atomic mass is 10.1. The van der Waals surface area contributed by atoms with Crippen molar-refractivity contribution in [2.45, 2.75) is 32.9 Å². The number of hydrogen-bond donors (Lipinski definition) is 2. The van der Waals surface area contributed by atoms with Crippen LogP contribution in [0.1, 0.15) is 44.0 Å². The first-order valence-electron chi connectivity index (χ1n) is 8.59. The van der Waals surface area contributed by atoms with Crippen molar-refractivity contribution in [1.82, 2.24) is 20.4 Å². The van der Waals surface area contributed by atoms with Gasteiger partial charge >= 0.3 is 0 Å². The normalized spacial score (nSPS) is 13.5. The number of benzene rings is 1. The van der Waals surface area contributed by atoms with Gasteiger partial charge in [0.25, 0.3) is 0 Å². The van der Waals surface area contributed by atoms with Crippen molar-refractivity contribution in [1.29, 1.82) is 0 Å². The Hall–Kier alpha value is -2.34. The van der Waals surface area contributed by atoms with Gasteiger partial charge in [0.05, 0.1) is 18.8 Å². The second-order valence-electron chi connectivity index (χ2n) is 6.67.